The lowest BCUT2D eigenvalue weighted by Crippen LogP contribution is -1.70. The van der Waals surface area contributed by atoms with Crippen LogP contribution in [-0.4, -0.2) is 5.75 Å². The second-order valence-corrected chi connectivity index (χ2v) is 4.84. The fourth-order valence-electron chi connectivity index (χ4n) is 1.19. The summed E-state index contributed by atoms with van der Waals surface area (Å²) in [5.41, 5.74) is 0. The predicted molar refractivity (Wildman–Crippen MR) is 58.2 cm³/mol. The van der Waals surface area contributed by atoms with E-state index in [4.69, 9.17) is 0 Å². The summed E-state index contributed by atoms with van der Waals surface area (Å²) in [5.74, 6) is 1.15. The molecule has 0 nitrogen and oxygen atoms in total. The molecule has 2 rings (SSSR count). The summed E-state index contributed by atoms with van der Waals surface area (Å²) in [6.07, 6.45) is 0. The molecule has 0 unspecified atom stereocenters. The third-order valence-electron chi connectivity index (χ3n) is 1.74. The number of benzene rings is 1. The second-order valence-electron chi connectivity index (χ2n) is 2.55. The monoisotopic (exact) mass is 194 g/mol. The minimum atomic E-state index is 1.15. The standard InChI is InChI=1S/C10H10S2/c1-2-11-9-4-3-8-5-6-12-10(8)7-9/h3-7H,2H2,1H3. The molecule has 0 fully saturated rings. The van der Waals surface area contributed by atoms with Crippen molar-refractivity contribution in [2.75, 3.05) is 5.75 Å². The molecule has 0 saturated carbocycles. The molecule has 1 aromatic heterocycles. The van der Waals surface area contributed by atoms with Gasteiger partial charge in [0.2, 0.25) is 0 Å². The van der Waals surface area contributed by atoms with Crippen LogP contribution in [0.3, 0.4) is 0 Å². The van der Waals surface area contributed by atoms with Crippen LogP contribution < -0.4 is 0 Å². The van der Waals surface area contributed by atoms with Gasteiger partial charge in [0.1, 0.15) is 0 Å². The van der Waals surface area contributed by atoms with Crippen molar-refractivity contribution in [3.8, 4) is 0 Å². The Kier molecular flexibility index (Phi) is 2.38. The first-order chi connectivity index (χ1) is 5.90. The Balaban J connectivity index is 2.46. The molecule has 0 radical (unpaired) electrons. The highest BCUT2D eigenvalue weighted by Gasteiger charge is 1.96. The molecular formula is C10H10S2. The number of fused-ring (bicyclic) bond motifs is 1. The van der Waals surface area contributed by atoms with Gasteiger partial charge in [0, 0.05) is 9.60 Å². The van der Waals surface area contributed by atoms with Crippen molar-refractivity contribution in [2.24, 2.45) is 0 Å². The van der Waals surface area contributed by atoms with Gasteiger partial charge < -0.3 is 0 Å². The van der Waals surface area contributed by atoms with Crippen LogP contribution >= 0.6 is 23.1 Å². The Morgan fingerprint density at radius 1 is 1.33 bits per heavy atom. The first-order valence-corrected chi connectivity index (χ1v) is 5.87. The van der Waals surface area contributed by atoms with Gasteiger partial charge in [-0.3, -0.25) is 0 Å². The summed E-state index contributed by atoms with van der Waals surface area (Å²) in [4.78, 5) is 1.38. The van der Waals surface area contributed by atoms with Crippen LogP contribution in [0.2, 0.25) is 0 Å². The zero-order valence-electron chi connectivity index (χ0n) is 6.91. The molecule has 0 aliphatic heterocycles. The van der Waals surface area contributed by atoms with Crippen LogP contribution in [0.1, 0.15) is 6.92 Å². The van der Waals surface area contributed by atoms with Gasteiger partial charge in [-0.1, -0.05) is 13.0 Å². The fraction of sp³-hybridized carbons (Fsp3) is 0.200. The number of hydrogen-bond donors (Lipinski definition) is 0. The van der Waals surface area contributed by atoms with Crippen molar-refractivity contribution < 1.29 is 0 Å². The Bertz CT molecular complexity index is 376. The molecule has 0 saturated heterocycles. The van der Waals surface area contributed by atoms with Gasteiger partial charge >= 0.3 is 0 Å². The predicted octanol–water partition coefficient (Wildman–Crippen LogP) is 4.01. The van der Waals surface area contributed by atoms with Gasteiger partial charge in [-0.2, -0.15) is 0 Å². The molecule has 0 bridgehead atoms. The fourth-order valence-corrected chi connectivity index (χ4v) is 2.79. The Labute approximate surface area is 80.6 Å². The summed E-state index contributed by atoms with van der Waals surface area (Å²) < 4.78 is 1.40. The Morgan fingerprint density at radius 2 is 2.25 bits per heavy atom. The molecular weight excluding hydrogens is 184 g/mol. The summed E-state index contributed by atoms with van der Waals surface area (Å²) >= 11 is 3.71. The lowest BCUT2D eigenvalue weighted by atomic mass is 10.3. The van der Waals surface area contributed by atoms with E-state index in [1.165, 1.54) is 15.0 Å². The van der Waals surface area contributed by atoms with E-state index >= 15 is 0 Å². The molecule has 1 aromatic carbocycles. The van der Waals surface area contributed by atoms with E-state index < -0.39 is 0 Å². The topological polar surface area (TPSA) is 0 Å². The molecule has 2 heteroatoms. The van der Waals surface area contributed by atoms with Crippen molar-refractivity contribution >= 4 is 33.2 Å². The van der Waals surface area contributed by atoms with Crippen molar-refractivity contribution in [1.29, 1.82) is 0 Å². The van der Waals surface area contributed by atoms with E-state index in [1.54, 1.807) is 0 Å². The average molecular weight is 194 g/mol. The molecule has 0 atom stereocenters. The number of rotatable bonds is 2. The Hall–Kier alpha value is -0.470. The van der Waals surface area contributed by atoms with Crippen LogP contribution in [0.5, 0.6) is 0 Å². The maximum Gasteiger partial charge on any atom is 0.0353 e. The summed E-state index contributed by atoms with van der Waals surface area (Å²) in [7, 11) is 0. The van der Waals surface area contributed by atoms with E-state index in [0.717, 1.165) is 5.75 Å². The molecule has 12 heavy (non-hydrogen) atoms. The van der Waals surface area contributed by atoms with Crippen LogP contribution in [0.4, 0.5) is 0 Å². The number of hydrogen-bond acceptors (Lipinski definition) is 2. The third-order valence-corrected chi connectivity index (χ3v) is 3.49. The number of thiophene rings is 1. The van der Waals surface area contributed by atoms with Gasteiger partial charge in [-0.15, -0.1) is 23.1 Å². The van der Waals surface area contributed by atoms with Crippen molar-refractivity contribution in [3.63, 3.8) is 0 Å². The smallest absolute Gasteiger partial charge is 0.0353 e. The molecule has 0 N–H and O–H groups in total. The van der Waals surface area contributed by atoms with Gasteiger partial charge in [0.15, 0.2) is 0 Å². The van der Waals surface area contributed by atoms with E-state index in [0.29, 0.717) is 0 Å². The molecule has 62 valence electrons. The highest BCUT2D eigenvalue weighted by Crippen LogP contribution is 2.26. The summed E-state index contributed by atoms with van der Waals surface area (Å²) in [6, 6.07) is 8.83. The average Bonchev–Trinajstić information content (AvgIpc) is 2.51. The SMILES string of the molecule is CCSc1ccc2ccsc2c1. The van der Waals surface area contributed by atoms with Crippen LogP contribution in [-0.2, 0) is 0 Å². The molecule has 0 spiro atoms. The van der Waals surface area contributed by atoms with Crippen LogP contribution in [0.25, 0.3) is 10.1 Å². The number of thioether (sulfide) groups is 1. The van der Waals surface area contributed by atoms with Gasteiger partial charge in [-0.25, -0.2) is 0 Å². The molecule has 1 heterocycles. The van der Waals surface area contributed by atoms with E-state index in [2.05, 4.69) is 36.6 Å². The summed E-state index contributed by atoms with van der Waals surface area (Å²) in [6.45, 7) is 2.18. The lowest BCUT2D eigenvalue weighted by molar-refractivity contribution is 1.46. The van der Waals surface area contributed by atoms with Gasteiger partial charge in [0.05, 0.1) is 0 Å². The lowest BCUT2D eigenvalue weighted by Gasteiger charge is -1.96. The zero-order valence-corrected chi connectivity index (χ0v) is 8.54. The first kappa shape index (κ1) is 8.14. The van der Waals surface area contributed by atoms with Crippen LogP contribution in [0, 0.1) is 0 Å². The van der Waals surface area contributed by atoms with Crippen LogP contribution in [0.15, 0.2) is 34.5 Å². The highest BCUT2D eigenvalue weighted by atomic mass is 32.2. The van der Waals surface area contributed by atoms with E-state index in [1.807, 2.05) is 23.1 Å². The van der Waals surface area contributed by atoms with Gasteiger partial charge in [-0.05, 0) is 34.7 Å². The molecule has 0 aliphatic rings. The molecule has 2 aromatic rings. The quantitative estimate of drug-likeness (QED) is 0.651. The Morgan fingerprint density at radius 3 is 3.08 bits per heavy atom. The maximum absolute atomic E-state index is 2.27. The molecule has 0 amide bonds. The minimum absolute atomic E-state index is 1.15. The first-order valence-electron chi connectivity index (χ1n) is 4.00. The van der Waals surface area contributed by atoms with Crippen molar-refractivity contribution in [2.45, 2.75) is 11.8 Å². The van der Waals surface area contributed by atoms with Crippen molar-refractivity contribution in [1.82, 2.24) is 0 Å². The summed E-state index contributed by atoms with van der Waals surface area (Å²) in [5, 5.41) is 3.51. The highest BCUT2D eigenvalue weighted by molar-refractivity contribution is 7.99. The zero-order chi connectivity index (χ0) is 8.39. The second kappa shape index (κ2) is 3.50. The normalized spacial score (nSPS) is 10.8. The largest absolute Gasteiger partial charge is 0.144 e. The van der Waals surface area contributed by atoms with E-state index in [-0.39, 0.29) is 0 Å². The maximum atomic E-state index is 2.27. The van der Waals surface area contributed by atoms with Crippen molar-refractivity contribution in [3.05, 3.63) is 29.6 Å². The minimum Gasteiger partial charge on any atom is -0.144 e. The van der Waals surface area contributed by atoms with Gasteiger partial charge in [0.25, 0.3) is 0 Å². The molecule has 0 aliphatic carbocycles. The third kappa shape index (κ3) is 1.50. The van der Waals surface area contributed by atoms with E-state index in [9.17, 15) is 0 Å².